The van der Waals surface area contributed by atoms with Crippen LogP contribution in [0.2, 0.25) is 0 Å². The van der Waals surface area contributed by atoms with E-state index < -0.39 is 0 Å². The van der Waals surface area contributed by atoms with E-state index in [0.29, 0.717) is 5.88 Å². The highest BCUT2D eigenvalue weighted by molar-refractivity contribution is 5.83. The van der Waals surface area contributed by atoms with Gasteiger partial charge in [-0.2, -0.15) is 4.98 Å². The quantitative estimate of drug-likeness (QED) is 0.506. The third kappa shape index (κ3) is 3.84. The lowest BCUT2D eigenvalue weighted by atomic mass is 10.1. The van der Waals surface area contributed by atoms with Gasteiger partial charge >= 0.3 is 0 Å². The maximum atomic E-state index is 6.09. The van der Waals surface area contributed by atoms with Crippen molar-refractivity contribution in [3.63, 3.8) is 0 Å². The highest BCUT2D eigenvalue weighted by atomic mass is 16.5. The lowest BCUT2D eigenvalue weighted by Crippen LogP contribution is -2.46. The Hall–Kier alpha value is -3.45. The maximum absolute atomic E-state index is 6.09. The van der Waals surface area contributed by atoms with Crippen molar-refractivity contribution in [2.75, 3.05) is 38.2 Å². The summed E-state index contributed by atoms with van der Waals surface area (Å²) in [6, 6.07) is 14.2. The molecule has 1 saturated heterocycles. The Morgan fingerprint density at radius 3 is 2.70 bits per heavy atom. The van der Waals surface area contributed by atoms with E-state index in [1.54, 1.807) is 25.6 Å². The van der Waals surface area contributed by atoms with Gasteiger partial charge < -0.3 is 14.1 Å². The van der Waals surface area contributed by atoms with E-state index in [0.717, 1.165) is 66.5 Å². The van der Waals surface area contributed by atoms with E-state index in [1.165, 1.54) is 0 Å². The fourth-order valence-electron chi connectivity index (χ4n) is 3.81. The smallest absolute Gasteiger partial charge is 0.228 e. The predicted molar refractivity (Wildman–Crippen MR) is 116 cm³/mol. The van der Waals surface area contributed by atoms with E-state index in [9.17, 15) is 0 Å². The van der Waals surface area contributed by atoms with Crippen LogP contribution < -0.4 is 9.64 Å². The van der Waals surface area contributed by atoms with Gasteiger partial charge in [-0.15, -0.1) is 0 Å². The number of fused-ring (bicyclic) bond motifs is 1. The number of benzene rings is 1. The van der Waals surface area contributed by atoms with E-state index >= 15 is 0 Å². The largest absolute Gasteiger partial charge is 0.481 e. The molecular formula is C23H23N5O2. The van der Waals surface area contributed by atoms with Crippen LogP contribution >= 0.6 is 0 Å². The number of hydrogen-bond donors (Lipinski definition) is 0. The summed E-state index contributed by atoms with van der Waals surface area (Å²) >= 11 is 0. The van der Waals surface area contributed by atoms with Crippen LogP contribution in [0.3, 0.4) is 0 Å². The number of aromatic nitrogens is 3. The first kappa shape index (κ1) is 18.6. The third-order valence-corrected chi connectivity index (χ3v) is 5.42. The average Bonchev–Trinajstić information content (AvgIpc) is 3.21. The molecule has 0 saturated carbocycles. The minimum Gasteiger partial charge on any atom is -0.481 e. The van der Waals surface area contributed by atoms with Crippen molar-refractivity contribution in [3.8, 4) is 17.0 Å². The summed E-state index contributed by atoms with van der Waals surface area (Å²) in [6.07, 6.45) is 5.41. The molecule has 0 bridgehead atoms. The number of pyridine rings is 1. The average molecular weight is 401 g/mol. The van der Waals surface area contributed by atoms with Crippen LogP contribution in [-0.4, -0.2) is 53.1 Å². The number of rotatable bonds is 5. The first-order chi connectivity index (χ1) is 14.8. The second-order valence-corrected chi connectivity index (χ2v) is 7.37. The molecule has 1 aliphatic rings. The Bertz CT molecular complexity index is 1140. The molecular weight excluding hydrogens is 378 g/mol. The van der Waals surface area contributed by atoms with Crippen LogP contribution in [0, 0.1) is 0 Å². The molecule has 5 rings (SSSR count). The summed E-state index contributed by atoms with van der Waals surface area (Å²) in [4.78, 5) is 17.6. The second-order valence-electron chi connectivity index (χ2n) is 7.37. The number of piperazine rings is 1. The topological polar surface area (TPSA) is 67.5 Å². The van der Waals surface area contributed by atoms with Crippen molar-refractivity contribution in [3.05, 3.63) is 66.8 Å². The van der Waals surface area contributed by atoms with Gasteiger partial charge in [-0.1, -0.05) is 12.1 Å². The van der Waals surface area contributed by atoms with Gasteiger partial charge in [-0.05, 0) is 29.8 Å². The van der Waals surface area contributed by atoms with Gasteiger partial charge in [-0.3, -0.25) is 9.88 Å². The molecule has 7 heteroatoms. The Morgan fingerprint density at radius 1 is 1.00 bits per heavy atom. The number of anilines is 1. The Balaban J connectivity index is 1.25. The molecule has 4 heterocycles. The van der Waals surface area contributed by atoms with Crippen LogP contribution in [0.4, 0.5) is 5.95 Å². The molecule has 1 fully saturated rings. The molecule has 0 unspecified atom stereocenters. The minimum absolute atomic E-state index is 0.593. The van der Waals surface area contributed by atoms with E-state index in [-0.39, 0.29) is 0 Å². The summed E-state index contributed by atoms with van der Waals surface area (Å²) in [6.45, 7) is 4.40. The van der Waals surface area contributed by atoms with Crippen molar-refractivity contribution in [1.29, 1.82) is 0 Å². The summed E-state index contributed by atoms with van der Waals surface area (Å²) in [5, 5.41) is 1.12. The minimum atomic E-state index is 0.593. The predicted octanol–water partition coefficient (Wildman–Crippen LogP) is 3.62. The highest BCUT2D eigenvalue weighted by Crippen LogP contribution is 2.27. The summed E-state index contributed by atoms with van der Waals surface area (Å²) in [7, 11) is 1.62. The normalized spacial score (nSPS) is 14.9. The van der Waals surface area contributed by atoms with E-state index in [4.69, 9.17) is 9.15 Å². The zero-order valence-electron chi connectivity index (χ0n) is 16.9. The van der Waals surface area contributed by atoms with Gasteiger partial charge in [0.05, 0.1) is 13.7 Å². The third-order valence-electron chi connectivity index (χ3n) is 5.42. The van der Waals surface area contributed by atoms with Crippen LogP contribution in [0.25, 0.3) is 22.1 Å². The lowest BCUT2D eigenvalue weighted by Gasteiger charge is -2.34. The number of furan rings is 1. The number of ether oxygens (including phenoxy) is 1. The summed E-state index contributed by atoms with van der Waals surface area (Å²) in [5.41, 5.74) is 3.17. The molecule has 7 nitrogen and oxygen atoms in total. The Labute approximate surface area is 174 Å². The molecule has 4 aromatic rings. The maximum Gasteiger partial charge on any atom is 0.228 e. The van der Waals surface area contributed by atoms with Crippen molar-refractivity contribution >= 4 is 16.9 Å². The molecule has 0 atom stereocenters. The molecule has 152 valence electrons. The zero-order valence-corrected chi connectivity index (χ0v) is 16.9. The van der Waals surface area contributed by atoms with E-state index in [1.807, 2.05) is 18.3 Å². The summed E-state index contributed by atoms with van der Waals surface area (Å²) in [5.74, 6) is 2.30. The van der Waals surface area contributed by atoms with Crippen molar-refractivity contribution in [1.82, 2.24) is 19.9 Å². The zero-order chi connectivity index (χ0) is 20.3. The first-order valence-corrected chi connectivity index (χ1v) is 10.1. The van der Waals surface area contributed by atoms with Crippen molar-refractivity contribution in [2.45, 2.75) is 6.54 Å². The first-order valence-electron chi connectivity index (χ1n) is 10.1. The highest BCUT2D eigenvalue weighted by Gasteiger charge is 2.20. The molecule has 0 amide bonds. The van der Waals surface area contributed by atoms with Gasteiger partial charge in [-0.25, -0.2) is 4.98 Å². The number of hydrogen-bond acceptors (Lipinski definition) is 7. The fraction of sp³-hybridized carbons (Fsp3) is 0.261. The van der Waals surface area contributed by atoms with Gasteiger partial charge in [0, 0.05) is 61.8 Å². The molecule has 1 aromatic carbocycles. The second kappa shape index (κ2) is 8.12. The number of methoxy groups -OCH3 is 1. The monoisotopic (exact) mass is 401 g/mol. The Kier molecular flexibility index (Phi) is 5.03. The molecule has 30 heavy (non-hydrogen) atoms. The molecule has 0 N–H and O–H groups in total. The fourth-order valence-corrected chi connectivity index (χ4v) is 3.81. The lowest BCUT2D eigenvalue weighted by molar-refractivity contribution is 0.231. The molecule has 0 spiro atoms. The standard InChI is InChI=1S/C23H23N5O2/c1-29-22-6-8-25-23(26-22)28-11-9-27(10-12-28)16-20-14-19-13-17(4-5-21(19)30-20)18-3-2-7-24-15-18/h2-8,13-15H,9-12,16H2,1H3. The van der Waals surface area contributed by atoms with Crippen LogP contribution in [-0.2, 0) is 6.54 Å². The molecule has 0 aliphatic carbocycles. The van der Waals surface area contributed by atoms with Crippen LogP contribution in [0.5, 0.6) is 5.88 Å². The van der Waals surface area contributed by atoms with Gasteiger partial charge in [0.1, 0.15) is 11.3 Å². The Morgan fingerprint density at radius 2 is 1.90 bits per heavy atom. The SMILES string of the molecule is COc1ccnc(N2CCN(Cc3cc4cc(-c5cccnc5)ccc4o3)CC2)n1. The molecule has 3 aromatic heterocycles. The van der Waals surface area contributed by atoms with Crippen LogP contribution in [0.15, 0.2) is 65.5 Å². The van der Waals surface area contributed by atoms with E-state index in [2.05, 4.69) is 49.0 Å². The van der Waals surface area contributed by atoms with Crippen molar-refractivity contribution in [2.24, 2.45) is 0 Å². The number of nitrogens with zero attached hydrogens (tertiary/aromatic N) is 5. The van der Waals surface area contributed by atoms with Gasteiger partial charge in [0.25, 0.3) is 0 Å². The van der Waals surface area contributed by atoms with Gasteiger partial charge in [0.2, 0.25) is 11.8 Å². The van der Waals surface area contributed by atoms with Crippen molar-refractivity contribution < 1.29 is 9.15 Å². The van der Waals surface area contributed by atoms with Crippen LogP contribution in [0.1, 0.15) is 5.76 Å². The summed E-state index contributed by atoms with van der Waals surface area (Å²) < 4.78 is 11.3. The molecule has 1 aliphatic heterocycles. The van der Waals surface area contributed by atoms with Gasteiger partial charge in [0.15, 0.2) is 0 Å². The molecule has 0 radical (unpaired) electrons.